The van der Waals surface area contributed by atoms with Gasteiger partial charge in [-0.25, -0.2) is 4.39 Å². The molecule has 1 heterocycles. The van der Waals surface area contributed by atoms with Gasteiger partial charge in [0.1, 0.15) is 5.60 Å². The smallest absolute Gasteiger partial charge is 0.181 e. The first-order valence-electron chi connectivity index (χ1n) is 12.1. The molecule has 0 radical (unpaired) electrons. The maximum Gasteiger partial charge on any atom is 0.181 e. The lowest BCUT2D eigenvalue weighted by atomic mass is 9.44. The lowest BCUT2D eigenvalue weighted by Crippen LogP contribution is -2.68. The van der Waals surface area contributed by atoms with E-state index in [1.165, 1.54) is 6.08 Å². The molecule has 1 aliphatic heterocycles. The average Bonchev–Trinajstić information content (AvgIpc) is 3.24. The van der Waals surface area contributed by atoms with Crippen LogP contribution >= 0.6 is 0 Å². The third kappa shape index (κ3) is 2.59. The minimum Gasteiger partial charge on any atom is -0.390 e. The van der Waals surface area contributed by atoms with Gasteiger partial charge in [-0.2, -0.15) is 0 Å². The topological polar surface area (TPSA) is 55.8 Å². The van der Waals surface area contributed by atoms with Gasteiger partial charge in [-0.1, -0.05) is 43.9 Å². The van der Waals surface area contributed by atoms with Crippen LogP contribution in [-0.4, -0.2) is 40.7 Å². The average molecular weight is 455 g/mol. The summed E-state index contributed by atoms with van der Waals surface area (Å²) in [7, 11) is 0. The van der Waals surface area contributed by atoms with E-state index in [1.807, 2.05) is 26.8 Å². The third-order valence-corrected chi connectivity index (χ3v) is 9.77. The Morgan fingerprint density at radius 2 is 2.03 bits per heavy atom. The molecule has 9 atom stereocenters. The highest BCUT2D eigenvalue weighted by atomic mass is 19.1. The lowest BCUT2D eigenvalue weighted by molar-refractivity contribution is -0.222. The number of aliphatic hydroxyl groups is 1. The van der Waals surface area contributed by atoms with Crippen LogP contribution in [0.15, 0.2) is 60.3 Å². The van der Waals surface area contributed by atoms with E-state index in [4.69, 9.17) is 9.47 Å². The van der Waals surface area contributed by atoms with Crippen LogP contribution in [0.3, 0.4) is 0 Å². The van der Waals surface area contributed by atoms with Crippen molar-refractivity contribution in [1.29, 1.82) is 0 Å². The second kappa shape index (κ2) is 7.10. The second-order valence-electron chi connectivity index (χ2n) is 11.2. The molecule has 0 aromatic heterocycles. The van der Waals surface area contributed by atoms with E-state index in [0.29, 0.717) is 19.3 Å². The maximum absolute atomic E-state index is 17.3. The molecule has 4 fully saturated rings. The van der Waals surface area contributed by atoms with E-state index < -0.39 is 34.5 Å². The van der Waals surface area contributed by atoms with Gasteiger partial charge in [0, 0.05) is 16.7 Å². The van der Waals surface area contributed by atoms with Crippen molar-refractivity contribution in [2.75, 3.05) is 0 Å². The van der Waals surface area contributed by atoms with E-state index in [2.05, 4.69) is 20.1 Å². The molecule has 33 heavy (non-hydrogen) atoms. The molecule has 178 valence electrons. The van der Waals surface area contributed by atoms with E-state index in [1.54, 1.807) is 18.2 Å². The monoisotopic (exact) mass is 454 g/mol. The zero-order valence-corrected chi connectivity index (χ0v) is 20.1. The molecule has 5 heteroatoms. The van der Waals surface area contributed by atoms with E-state index in [-0.39, 0.29) is 30.1 Å². The van der Waals surface area contributed by atoms with Crippen molar-refractivity contribution in [3.8, 4) is 0 Å². The summed E-state index contributed by atoms with van der Waals surface area (Å²) in [4.78, 5) is 12.0. The van der Waals surface area contributed by atoms with Gasteiger partial charge in [0.05, 0.1) is 12.2 Å². The first-order valence-corrected chi connectivity index (χ1v) is 12.1. The van der Waals surface area contributed by atoms with Gasteiger partial charge in [-0.3, -0.25) is 4.79 Å². The molecule has 4 nitrogen and oxygen atoms in total. The fourth-order valence-corrected chi connectivity index (χ4v) is 8.22. The van der Waals surface area contributed by atoms with Crippen LogP contribution in [-0.2, 0) is 14.3 Å². The number of halogens is 1. The second-order valence-corrected chi connectivity index (χ2v) is 11.2. The number of carbonyl (C=O) groups excluding carboxylic acids is 1. The number of rotatable bonds is 3. The first-order chi connectivity index (χ1) is 15.5. The van der Waals surface area contributed by atoms with Crippen LogP contribution in [0.1, 0.15) is 53.4 Å². The molecule has 0 aromatic carbocycles. The Kier molecular flexibility index (Phi) is 4.93. The number of allylic oxidation sites excluding steroid dienone is 6. The summed E-state index contributed by atoms with van der Waals surface area (Å²) in [5, 5.41) is 11.5. The molecular weight excluding hydrogens is 419 g/mol. The van der Waals surface area contributed by atoms with E-state index in [0.717, 1.165) is 16.7 Å². The summed E-state index contributed by atoms with van der Waals surface area (Å²) in [6, 6.07) is 0. The van der Waals surface area contributed by atoms with Crippen molar-refractivity contribution in [1.82, 2.24) is 0 Å². The van der Waals surface area contributed by atoms with Crippen molar-refractivity contribution in [2.24, 2.45) is 22.7 Å². The minimum atomic E-state index is -1.86. The van der Waals surface area contributed by atoms with Crippen molar-refractivity contribution < 1.29 is 23.8 Å². The highest BCUT2D eigenvalue weighted by Crippen LogP contribution is 2.72. The number of alkyl halides is 1. The van der Waals surface area contributed by atoms with Crippen molar-refractivity contribution in [2.45, 2.75) is 83.1 Å². The van der Waals surface area contributed by atoms with Crippen molar-refractivity contribution in [3.63, 3.8) is 0 Å². The zero-order valence-electron chi connectivity index (χ0n) is 20.1. The standard InChI is InChI=1S/C28H35FO4/c1-7-8-17(4)24-32-23-14-21-20-10-9-18-13-19(30)11-12-25(18,5)27(20,29)22(31)15-26(21,6)28(23,33-24)16(2)3/h7-8,11-13,20-24,31H,1-2,9-10,14-15H2,3-6H3/b17-8+/t20-,21-,22-,23+,24+,25-,26-,27-,28+/m0/s1. The summed E-state index contributed by atoms with van der Waals surface area (Å²) in [5.74, 6) is -0.516. The van der Waals surface area contributed by atoms with Gasteiger partial charge in [0.25, 0.3) is 0 Å². The van der Waals surface area contributed by atoms with Gasteiger partial charge in [-0.15, -0.1) is 0 Å². The highest BCUT2D eigenvalue weighted by Gasteiger charge is 2.77. The molecule has 5 aliphatic rings. The van der Waals surface area contributed by atoms with Crippen LogP contribution in [0, 0.1) is 22.7 Å². The molecule has 1 saturated heterocycles. The molecule has 1 N–H and O–H groups in total. The Bertz CT molecular complexity index is 1020. The summed E-state index contributed by atoms with van der Waals surface area (Å²) in [6.07, 6.45) is 8.50. The van der Waals surface area contributed by atoms with Gasteiger partial charge in [-0.05, 0) is 75.7 Å². The van der Waals surface area contributed by atoms with Crippen LogP contribution in [0.25, 0.3) is 0 Å². The molecule has 4 aliphatic carbocycles. The number of hydrogen-bond acceptors (Lipinski definition) is 4. The summed E-state index contributed by atoms with van der Waals surface area (Å²) < 4.78 is 30.4. The maximum atomic E-state index is 17.3. The zero-order chi connectivity index (χ0) is 24.0. The quantitative estimate of drug-likeness (QED) is 0.473. The van der Waals surface area contributed by atoms with Crippen LogP contribution in [0.4, 0.5) is 4.39 Å². The van der Waals surface area contributed by atoms with Crippen molar-refractivity contribution >= 4 is 5.78 Å². The predicted molar refractivity (Wildman–Crippen MR) is 125 cm³/mol. The molecule has 0 unspecified atom stereocenters. The SMILES string of the molecule is C=C/C=C(\C)[C@@H]1O[C@@H]2C[C@H]3[C@@H]4CCC5=CC(=O)C=C[C@]5(C)[C@@]4(F)[C@@H](O)C[C@]3(C)[C@]2(C(=C)C)O1. The van der Waals surface area contributed by atoms with Crippen LogP contribution in [0.2, 0.25) is 0 Å². The lowest BCUT2D eigenvalue weighted by Gasteiger charge is -2.63. The largest absolute Gasteiger partial charge is 0.390 e. The Morgan fingerprint density at radius 3 is 2.70 bits per heavy atom. The fourth-order valence-electron chi connectivity index (χ4n) is 8.22. The Hall–Kier alpha value is -1.82. The first kappa shape index (κ1) is 22.9. The normalized spacial score (nSPS) is 50.7. The Labute approximate surface area is 195 Å². The number of ketones is 1. The molecule has 0 bridgehead atoms. The Balaban J connectivity index is 1.59. The fraction of sp³-hybridized carbons (Fsp3) is 0.607. The third-order valence-electron chi connectivity index (χ3n) is 9.77. The highest BCUT2D eigenvalue weighted by molar-refractivity contribution is 6.01. The number of fused-ring (bicyclic) bond motifs is 7. The number of ether oxygens (including phenoxy) is 2. The Morgan fingerprint density at radius 1 is 1.30 bits per heavy atom. The molecule has 5 rings (SSSR count). The van der Waals surface area contributed by atoms with Gasteiger partial charge in [0.15, 0.2) is 17.7 Å². The van der Waals surface area contributed by atoms with Crippen LogP contribution in [0.5, 0.6) is 0 Å². The summed E-state index contributed by atoms with van der Waals surface area (Å²) >= 11 is 0. The van der Waals surface area contributed by atoms with Gasteiger partial charge >= 0.3 is 0 Å². The molecule has 0 spiro atoms. The van der Waals surface area contributed by atoms with Crippen LogP contribution < -0.4 is 0 Å². The van der Waals surface area contributed by atoms with Gasteiger partial charge in [0.2, 0.25) is 0 Å². The number of aliphatic hydroxyl groups excluding tert-OH is 1. The number of carbonyl (C=O) groups is 1. The number of hydrogen-bond donors (Lipinski definition) is 1. The molecule has 0 aromatic rings. The summed E-state index contributed by atoms with van der Waals surface area (Å²) in [6.45, 7) is 16.0. The molecular formula is C28H35FO4. The predicted octanol–water partition coefficient (Wildman–Crippen LogP) is 5.16. The van der Waals surface area contributed by atoms with E-state index in [9.17, 15) is 9.90 Å². The van der Waals surface area contributed by atoms with Crippen molar-refractivity contribution in [3.05, 3.63) is 60.3 Å². The molecule has 0 amide bonds. The summed E-state index contributed by atoms with van der Waals surface area (Å²) in [5.41, 5.74) is -1.60. The minimum absolute atomic E-state index is 0.0401. The molecule has 3 saturated carbocycles. The van der Waals surface area contributed by atoms with E-state index >= 15 is 4.39 Å². The van der Waals surface area contributed by atoms with Gasteiger partial charge < -0.3 is 14.6 Å².